The number of aliphatic hydroxyl groups excluding tert-OH is 1. The Morgan fingerprint density at radius 1 is 1.24 bits per heavy atom. The number of hydrogen-bond acceptors (Lipinski definition) is 3. The SMILES string of the molecule is OC(CNCCCCn1ccnc1)c1c(F)cccc1F. The lowest BCUT2D eigenvalue weighted by molar-refractivity contribution is 0.165. The molecule has 0 saturated carbocycles. The van der Waals surface area contributed by atoms with E-state index in [2.05, 4.69) is 10.3 Å². The minimum atomic E-state index is -1.18. The summed E-state index contributed by atoms with van der Waals surface area (Å²) in [7, 11) is 0. The molecule has 114 valence electrons. The summed E-state index contributed by atoms with van der Waals surface area (Å²) in [6.45, 7) is 1.69. The van der Waals surface area contributed by atoms with Crippen LogP contribution in [0.3, 0.4) is 0 Å². The standard InChI is InChI=1S/C15H19F2N3O/c16-12-4-3-5-13(17)15(12)14(21)10-18-6-1-2-8-20-9-7-19-11-20/h3-5,7,9,11,14,18,21H,1-2,6,8,10H2. The summed E-state index contributed by atoms with van der Waals surface area (Å²) in [5.41, 5.74) is -0.275. The van der Waals surface area contributed by atoms with Gasteiger partial charge in [0.1, 0.15) is 11.6 Å². The highest BCUT2D eigenvalue weighted by Crippen LogP contribution is 2.19. The van der Waals surface area contributed by atoms with Crippen molar-refractivity contribution < 1.29 is 13.9 Å². The van der Waals surface area contributed by atoms with Crippen molar-refractivity contribution in [3.8, 4) is 0 Å². The first kappa shape index (κ1) is 15.6. The van der Waals surface area contributed by atoms with E-state index in [9.17, 15) is 13.9 Å². The predicted molar refractivity (Wildman–Crippen MR) is 75.6 cm³/mol. The van der Waals surface area contributed by atoms with Crippen LogP contribution in [0, 0.1) is 11.6 Å². The number of unbranched alkanes of at least 4 members (excludes halogenated alkanes) is 1. The molecule has 0 amide bonds. The van der Waals surface area contributed by atoms with Gasteiger partial charge in [-0.15, -0.1) is 0 Å². The number of benzene rings is 1. The molecule has 1 unspecified atom stereocenters. The molecule has 0 spiro atoms. The minimum Gasteiger partial charge on any atom is -0.387 e. The molecule has 2 N–H and O–H groups in total. The number of rotatable bonds is 8. The van der Waals surface area contributed by atoms with E-state index < -0.39 is 17.7 Å². The Hall–Kier alpha value is -1.79. The Bertz CT molecular complexity index is 526. The van der Waals surface area contributed by atoms with Crippen LogP contribution < -0.4 is 5.32 Å². The molecule has 0 saturated heterocycles. The van der Waals surface area contributed by atoms with E-state index >= 15 is 0 Å². The van der Waals surface area contributed by atoms with Gasteiger partial charge in [-0.1, -0.05) is 6.07 Å². The third-order valence-corrected chi connectivity index (χ3v) is 3.25. The van der Waals surface area contributed by atoms with Crippen molar-refractivity contribution in [3.05, 3.63) is 54.1 Å². The van der Waals surface area contributed by atoms with Crippen molar-refractivity contribution in [2.75, 3.05) is 13.1 Å². The Morgan fingerprint density at radius 2 is 2.00 bits per heavy atom. The first-order valence-corrected chi connectivity index (χ1v) is 6.97. The molecule has 0 fully saturated rings. The average Bonchev–Trinajstić information content (AvgIpc) is 2.95. The molecule has 0 aliphatic rings. The number of aromatic nitrogens is 2. The van der Waals surface area contributed by atoms with Crippen molar-refractivity contribution in [1.82, 2.24) is 14.9 Å². The summed E-state index contributed by atoms with van der Waals surface area (Å²) in [4.78, 5) is 3.95. The molecule has 6 heteroatoms. The molecule has 1 atom stereocenters. The predicted octanol–water partition coefficient (Wildman–Crippen LogP) is 2.26. The van der Waals surface area contributed by atoms with E-state index in [4.69, 9.17) is 0 Å². The summed E-state index contributed by atoms with van der Waals surface area (Å²) in [6.07, 6.45) is 6.09. The smallest absolute Gasteiger partial charge is 0.131 e. The number of aliphatic hydroxyl groups is 1. The van der Waals surface area contributed by atoms with E-state index in [1.54, 1.807) is 12.5 Å². The van der Waals surface area contributed by atoms with Gasteiger partial charge >= 0.3 is 0 Å². The molecular weight excluding hydrogens is 276 g/mol. The van der Waals surface area contributed by atoms with Gasteiger partial charge in [-0.2, -0.15) is 0 Å². The molecule has 2 aromatic rings. The highest BCUT2D eigenvalue weighted by Gasteiger charge is 2.16. The van der Waals surface area contributed by atoms with Crippen LogP contribution in [0.2, 0.25) is 0 Å². The lowest BCUT2D eigenvalue weighted by atomic mass is 10.1. The van der Waals surface area contributed by atoms with Crippen LogP contribution in [0.1, 0.15) is 24.5 Å². The summed E-state index contributed by atoms with van der Waals surface area (Å²) < 4.78 is 28.9. The molecule has 0 aliphatic carbocycles. The lowest BCUT2D eigenvalue weighted by Crippen LogP contribution is -2.24. The molecule has 0 radical (unpaired) electrons. The van der Waals surface area contributed by atoms with Gasteiger partial charge in [0.05, 0.1) is 18.0 Å². The molecule has 4 nitrogen and oxygen atoms in total. The summed E-state index contributed by atoms with van der Waals surface area (Å²) >= 11 is 0. The summed E-state index contributed by atoms with van der Waals surface area (Å²) in [5.74, 6) is -1.44. The maximum Gasteiger partial charge on any atom is 0.131 e. The Morgan fingerprint density at radius 3 is 2.67 bits per heavy atom. The van der Waals surface area contributed by atoms with Gasteiger partial charge in [0.2, 0.25) is 0 Å². The fourth-order valence-electron chi connectivity index (χ4n) is 2.13. The summed E-state index contributed by atoms with van der Waals surface area (Å²) in [6, 6.07) is 3.57. The van der Waals surface area contributed by atoms with Crippen molar-refractivity contribution >= 4 is 0 Å². The fourth-order valence-corrected chi connectivity index (χ4v) is 2.13. The molecular formula is C15H19F2N3O. The normalized spacial score (nSPS) is 12.5. The lowest BCUT2D eigenvalue weighted by Gasteiger charge is -2.13. The molecule has 2 rings (SSSR count). The van der Waals surface area contributed by atoms with Crippen LogP contribution in [0.5, 0.6) is 0 Å². The van der Waals surface area contributed by atoms with Crippen LogP contribution in [0.4, 0.5) is 8.78 Å². The zero-order valence-electron chi connectivity index (χ0n) is 11.7. The van der Waals surface area contributed by atoms with Gasteiger partial charge in [0.25, 0.3) is 0 Å². The van der Waals surface area contributed by atoms with Crippen LogP contribution in [-0.4, -0.2) is 27.7 Å². The van der Waals surface area contributed by atoms with Crippen LogP contribution in [-0.2, 0) is 6.54 Å². The van der Waals surface area contributed by atoms with Gasteiger partial charge in [-0.25, -0.2) is 13.8 Å². The zero-order chi connectivity index (χ0) is 15.1. The molecule has 0 bridgehead atoms. The number of hydrogen-bond donors (Lipinski definition) is 2. The third-order valence-electron chi connectivity index (χ3n) is 3.25. The fraction of sp³-hybridized carbons (Fsp3) is 0.400. The van der Waals surface area contributed by atoms with Crippen LogP contribution in [0.25, 0.3) is 0 Å². The Kier molecular flexibility index (Phi) is 5.83. The zero-order valence-corrected chi connectivity index (χ0v) is 11.7. The second-order valence-electron chi connectivity index (χ2n) is 4.86. The quantitative estimate of drug-likeness (QED) is 0.735. The van der Waals surface area contributed by atoms with Crippen molar-refractivity contribution in [3.63, 3.8) is 0 Å². The summed E-state index contributed by atoms with van der Waals surface area (Å²) in [5, 5.41) is 12.8. The molecule has 21 heavy (non-hydrogen) atoms. The van der Waals surface area contributed by atoms with Crippen molar-refractivity contribution in [2.45, 2.75) is 25.5 Å². The van der Waals surface area contributed by atoms with Gasteiger partial charge in [0.15, 0.2) is 0 Å². The van der Waals surface area contributed by atoms with E-state index in [0.29, 0.717) is 6.54 Å². The topological polar surface area (TPSA) is 50.1 Å². The number of aryl methyl sites for hydroxylation is 1. The second-order valence-corrected chi connectivity index (χ2v) is 4.86. The maximum absolute atomic E-state index is 13.5. The molecule has 1 aromatic heterocycles. The van der Waals surface area contributed by atoms with Gasteiger partial charge in [-0.05, 0) is 31.5 Å². The number of nitrogens with one attached hydrogen (secondary N) is 1. The number of halogens is 2. The van der Waals surface area contributed by atoms with Crippen LogP contribution in [0.15, 0.2) is 36.9 Å². The molecule has 1 heterocycles. The maximum atomic E-state index is 13.5. The highest BCUT2D eigenvalue weighted by molar-refractivity contribution is 5.22. The van der Waals surface area contributed by atoms with Crippen molar-refractivity contribution in [1.29, 1.82) is 0 Å². The van der Waals surface area contributed by atoms with Crippen LogP contribution >= 0.6 is 0 Å². The average molecular weight is 295 g/mol. The first-order valence-electron chi connectivity index (χ1n) is 6.97. The van der Waals surface area contributed by atoms with Crippen molar-refractivity contribution in [2.24, 2.45) is 0 Å². The van der Waals surface area contributed by atoms with E-state index in [1.165, 1.54) is 6.07 Å². The molecule has 0 aliphatic heterocycles. The monoisotopic (exact) mass is 295 g/mol. The largest absolute Gasteiger partial charge is 0.387 e. The van der Waals surface area contributed by atoms with Gasteiger partial charge in [0, 0.05) is 25.5 Å². The number of imidazole rings is 1. The van der Waals surface area contributed by atoms with E-state index in [1.807, 2.05) is 10.8 Å². The number of nitrogens with zero attached hydrogens (tertiary/aromatic N) is 2. The van der Waals surface area contributed by atoms with Gasteiger partial charge in [-0.3, -0.25) is 0 Å². The minimum absolute atomic E-state index is 0.128. The van der Waals surface area contributed by atoms with E-state index in [0.717, 1.165) is 31.5 Å². The second kappa shape index (κ2) is 7.85. The van der Waals surface area contributed by atoms with E-state index in [-0.39, 0.29) is 12.1 Å². The highest BCUT2D eigenvalue weighted by atomic mass is 19.1. The molecule has 1 aromatic carbocycles. The Labute approximate surface area is 122 Å². The Balaban J connectivity index is 1.66. The van der Waals surface area contributed by atoms with Gasteiger partial charge < -0.3 is 15.0 Å². The third kappa shape index (κ3) is 4.61. The first-order chi connectivity index (χ1) is 10.2.